The molecule has 4 heteroatoms. The number of hydrogen-bond acceptors (Lipinski definition) is 2. The summed E-state index contributed by atoms with van der Waals surface area (Å²) in [5, 5.41) is 2.86. The van der Waals surface area contributed by atoms with Crippen molar-refractivity contribution in [1.82, 2.24) is 0 Å². The van der Waals surface area contributed by atoms with Crippen LogP contribution < -0.4 is 10.2 Å². The minimum atomic E-state index is -0.772. The molecule has 2 aromatic carbocycles. The first-order valence-corrected chi connectivity index (χ1v) is 6.82. The Labute approximate surface area is 123 Å². The van der Waals surface area contributed by atoms with Gasteiger partial charge >= 0.3 is 0 Å². The van der Waals surface area contributed by atoms with E-state index < -0.39 is 5.92 Å². The van der Waals surface area contributed by atoms with Crippen molar-refractivity contribution in [3.8, 4) is 0 Å². The predicted molar refractivity (Wildman–Crippen MR) is 82.4 cm³/mol. The van der Waals surface area contributed by atoms with E-state index >= 15 is 0 Å². The molecule has 1 aliphatic heterocycles. The number of carbonyl (C=O) groups excluding carboxylic acids is 2. The molecule has 1 aliphatic rings. The topological polar surface area (TPSA) is 49.4 Å². The number of hydrogen-bond donors (Lipinski definition) is 1. The highest BCUT2D eigenvalue weighted by Crippen LogP contribution is 2.36. The number of nitrogens with one attached hydrogen (secondary N) is 1. The van der Waals surface area contributed by atoms with Crippen molar-refractivity contribution in [2.24, 2.45) is 0 Å². The van der Waals surface area contributed by atoms with Gasteiger partial charge in [-0.15, -0.1) is 0 Å². The largest absolute Gasteiger partial charge is 0.325 e. The summed E-state index contributed by atoms with van der Waals surface area (Å²) in [4.78, 5) is 26.4. The predicted octanol–water partition coefficient (Wildman–Crippen LogP) is 2.69. The lowest BCUT2D eigenvalue weighted by atomic mass is 9.99. The highest BCUT2D eigenvalue weighted by molar-refractivity contribution is 6.20. The zero-order chi connectivity index (χ0) is 15.0. The van der Waals surface area contributed by atoms with E-state index in [1.807, 2.05) is 55.5 Å². The summed E-state index contributed by atoms with van der Waals surface area (Å²) >= 11 is 0. The lowest BCUT2D eigenvalue weighted by Crippen LogP contribution is -2.31. The third-order valence-electron chi connectivity index (χ3n) is 3.85. The van der Waals surface area contributed by atoms with Crippen molar-refractivity contribution in [2.75, 3.05) is 17.3 Å². The van der Waals surface area contributed by atoms with Crippen molar-refractivity contribution in [1.29, 1.82) is 0 Å². The maximum absolute atomic E-state index is 12.5. The van der Waals surface area contributed by atoms with Gasteiger partial charge in [0.15, 0.2) is 0 Å². The van der Waals surface area contributed by atoms with Gasteiger partial charge in [-0.2, -0.15) is 0 Å². The molecule has 0 aliphatic carbocycles. The fourth-order valence-corrected chi connectivity index (χ4v) is 2.65. The number of nitrogens with zero attached hydrogens (tertiary/aromatic N) is 1. The molecule has 1 N–H and O–H groups in total. The average Bonchev–Trinajstić information content (AvgIpc) is 2.74. The number of benzene rings is 2. The number of anilines is 2. The highest BCUT2D eigenvalue weighted by atomic mass is 16.2. The van der Waals surface area contributed by atoms with Gasteiger partial charge < -0.3 is 10.2 Å². The minimum absolute atomic E-state index is 0.192. The zero-order valence-electron chi connectivity index (χ0n) is 12.0. The van der Waals surface area contributed by atoms with E-state index in [0.717, 1.165) is 22.5 Å². The summed E-state index contributed by atoms with van der Waals surface area (Å²) in [5.74, 6) is -1.25. The van der Waals surface area contributed by atoms with Gasteiger partial charge in [0.2, 0.25) is 11.8 Å². The van der Waals surface area contributed by atoms with Crippen LogP contribution in [0, 0.1) is 6.92 Å². The second kappa shape index (κ2) is 5.05. The summed E-state index contributed by atoms with van der Waals surface area (Å²) < 4.78 is 0. The van der Waals surface area contributed by atoms with Gasteiger partial charge in [0, 0.05) is 18.4 Å². The Morgan fingerprint density at radius 1 is 1.10 bits per heavy atom. The second-order valence-electron chi connectivity index (χ2n) is 5.19. The third-order valence-corrected chi connectivity index (χ3v) is 3.85. The molecule has 1 atom stereocenters. The van der Waals surface area contributed by atoms with E-state index in [1.165, 1.54) is 4.90 Å². The molecule has 106 valence electrons. The van der Waals surface area contributed by atoms with Crippen LogP contribution >= 0.6 is 0 Å². The average molecular weight is 280 g/mol. The molecule has 0 unspecified atom stereocenters. The maximum atomic E-state index is 12.5. The normalized spacial score (nSPS) is 16.8. The van der Waals surface area contributed by atoms with Crippen LogP contribution in [0.25, 0.3) is 0 Å². The SMILES string of the molecule is Cc1ccccc1NC(=O)[C@H]1C(=O)N(C)c2ccccc21. The van der Waals surface area contributed by atoms with Gasteiger partial charge in [0.1, 0.15) is 5.92 Å². The number of amides is 2. The zero-order valence-corrected chi connectivity index (χ0v) is 12.0. The Hall–Kier alpha value is -2.62. The van der Waals surface area contributed by atoms with Crippen LogP contribution in [0.1, 0.15) is 17.0 Å². The van der Waals surface area contributed by atoms with Gasteiger partial charge in [-0.25, -0.2) is 0 Å². The molecule has 2 aromatic rings. The first-order valence-electron chi connectivity index (χ1n) is 6.82. The van der Waals surface area contributed by atoms with Gasteiger partial charge in [-0.1, -0.05) is 36.4 Å². The number of carbonyl (C=O) groups is 2. The smallest absolute Gasteiger partial charge is 0.243 e. The summed E-state index contributed by atoms with van der Waals surface area (Å²) in [7, 11) is 1.70. The van der Waals surface area contributed by atoms with Gasteiger partial charge in [0.05, 0.1) is 0 Å². The van der Waals surface area contributed by atoms with E-state index in [1.54, 1.807) is 7.05 Å². The molecule has 21 heavy (non-hydrogen) atoms. The van der Waals surface area contributed by atoms with E-state index in [2.05, 4.69) is 5.32 Å². The molecule has 4 nitrogen and oxygen atoms in total. The van der Waals surface area contributed by atoms with Crippen LogP contribution in [0.15, 0.2) is 48.5 Å². The quantitative estimate of drug-likeness (QED) is 0.860. The molecule has 0 aromatic heterocycles. The van der Waals surface area contributed by atoms with Gasteiger partial charge in [-0.3, -0.25) is 9.59 Å². The van der Waals surface area contributed by atoms with Gasteiger partial charge in [-0.05, 0) is 30.2 Å². The van der Waals surface area contributed by atoms with E-state index in [9.17, 15) is 9.59 Å². The number of para-hydroxylation sites is 2. The number of fused-ring (bicyclic) bond motifs is 1. The number of rotatable bonds is 2. The Morgan fingerprint density at radius 3 is 2.52 bits per heavy atom. The van der Waals surface area contributed by atoms with Crippen LogP contribution in [-0.2, 0) is 9.59 Å². The van der Waals surface area contributed by atoms with Gasteiger partial charge in [0.25, 0.3) is 0 Å². The van der Waals surface area contributed by atoms with Crippen LogP contribution in [0.5, 0.6) is 0 Å². The van der Waals surface area contributed by atoms with Crippen molar-refractivity contribution in [3.63, 3.8) is 0 Å². The first kappa shape index (κ1) is 13.4. The molecule has 0 fully saturated rings. The number of likely N-dealkylation sites (N-methyl/N-ethyl adjacent to an activating group) is 1. The Morgan fingerprint density at radius 2 is 1.76 bits per heavy atom. The molecule has 0 saturated heterocycles. The minimum Gasteiger partial charge on any atom is -0.325 e. The monoisotopic (exact) mass is 280 g/mol. The summed E-state index contributed by atoms with van der Waals surface area (Å²) in [6.45, 7) is 1.92. The molecular weight excluding hydrogens is 264 g/mol. The Bertz CT molecular complexity index is 724. The molecule has 0 spiro atoms. The molecular formula is C17H16N2O2. The third kappa shape index (κ3) is 2.18. The van der Waals surface area contributed by atoms with Crippen LogP contribution in [0.4, 0.5) is 11.4 Å². The molecule has 0 bridgehead atoms. The fourth-order valence-electron chi connectivity index (χ4n) is 2.65. The van der Waals surface area contributed by atoms with Crippen molar-refractivity contribution in [2.45, 2.75) is 12.8 Å². The molecule has 0 saturated carbocycles. The van der Waals surface area contributed by atoms with Crippen molar-refractivity contribution < 1.29 is 9.59 Å². The van der Waals surface area contributed by atoms with E-state index in [-0.39, 0.29) is 11.8 Å². The lowest BCUT2D eigenvalue weighted by Gasteiger charge is -2.13. The Balaban J connectivity index is 1.92. The van der Waals surface area contributed by atoms with Crippen molar-refractivity contribution >= 4 is 23.2 Å². The summed E-state index contributed by atoms with van der Waals surface area (Å²) in [6, 6.07) is 14.9. The van der Waals surface area contributed by atoms with Crippen LogP contribution in [0.3, 0.4) is 0 Å². The first-order chi connectivity index (χ1) is 10.1. The number of aryl methyl sites for hydroxylation is 1. The molecule has 1 heterocycles. The second-order valence-corrected chi connectivity index (χ2v) is 5.19. The highest BCUT2D eigenvalue weighted by Gasteiger charge is 2.39. The molecule has 3 rings (SSSR count). The molecule has 0 radical (unpaired) electrons. The standard InChI is InChI=1S/C17H16N2O2/c1-11-7-3-5-9-13(11)18-16(20)15-12-8-4-6-10-14(12)19(2)17(15)21/h3-10,15H,1-2H3,(H,18,20)/t15-/m0/s1. The molecule has 2 amide bonds. The van der Waals surface area contributed by atoms with Crippen LogP contribution in [0.2, 0.25) is 0 Å². The summed E-state index contributed by atoms with van der Waals surface area (Å²) in [5.41, 5.74) is 3.27. The summed E-state index contributed by atoms with van der Waals surface area (Å²) in [6.07, 6.45) is 0. The Kier molecular flexibility index (Phi) is 3.22. The maximum Gasteiger partial charge on any atom is 0.243 e. The van der Waals surface area contributed by atoms with E-state index in [4.69, 9.17) is 0 Å². The van der Waals surface area contributed by atoms with Crippen LogP contribution in [-0.4, -0.2) is 18.9 Å². The van der Waals surface area contributed by atoms with Crippen molar-refractivity contribution in [3.05, 3.63) is 59.7 Å². The lowest BCUT2D eigenvalue weighted by molar-refractivity contribution is -0.126. The fraction of sp³-hybridized carbons (Fsp3) is 0.176. The van der Waals surface area contributed by atoms with E-state index in [0.29, 0.717) is 0 Å².